The number of aliphatic imine (C=N–C) groups is 1. The molecule has 3 aliphatic rings. The van der Waals surface area contributed by atoms with Gasteiger partial charge in [0.05, 0.1) is 19.2 Å². The number of nitrogens with zero attached hydrogens (tertiary/aromatic N) is 3. The molecule has 1 N–H and O–H groups in total. The van der Waals surface area contributed by atoms with Crippen LogP contribution in [-0.4, -0.2) is 53.7 Å². The molecule has 0 saturated heterocycles. The molecule has 2 aliphatic heterocycles. The molecule has 4 rings (SSSR count). The normalized spacial score (nSPS) is 22.4. The van der Waals surface area contributed by atoms with Crippen molar-refractivity contribution in [2.45, 2.75) is 57.5 Å². The van der Waals surface area contributed by atoms with Gasteiger partial charge in [0.15, 0.2) is 0 Å². The Labute approximate surface area is 194 Å². The predicted octanol–water partition coefficient (Wildman–Crippen LogP) is 2.95. The third-order valence-corrected chi connectivity index (χ3v) is 6.45. The summed E-state index contributed by atoms with van der Waals surface area (Å²) in [5.41, 5.74) is 0.178. The van der Waals surface area contributed by atoms with E-state index in [0.717, 1.165) is 31.3 Å². The molecule has 2 heterocycles. The van der Waals surface area contributed by atoms with E-state index in [4.69, 9.17) is 4.74 Å². The Balaban J connectivity index is 1.70. The van der Waals surface area contributed by atoms with Gasteiger partial charge >= 0.3 is 0 Å². The standard InChI is InChI=1S/C25H30N4O4/c1-17-12-13-21-27-22(30)14-25(2,29(21)15-17)24(32)28(19-10-6-7-11-20(19)33-3)16-23(31)26-18-8-4-5-9-18/h6-7,10-13,15,18H,4-5,8-9,14,16H2,1-3H3,(H,26,31)/t25-/m0/s1. The summed E-state index contributed by atoms with van der Waals surface area (Å²) in [6.07, 6.45) is 9.40. The first-order valence-electron chi connectivity index (χ1n) is 11.3. The van der Waals surface area contributed by atoms with Gasteiger partial charge in [0.2, 0.25) is 5.91 Å². The molecular formula is C25H30N4O4. The fourth-order valence-corrected chi connectivity index (χ4v) is 4.71. The Morgan fingerprint density at radius 2 is 1.97 bits per heavy atom. The van der Waals surface area contributed by atoms with Gasteiger partial charge in [0, 0.05) is 12.2 Å². The molecule has 1 saturated carbocycles. The van der Waals surface area contributed by atoms with Crippen molar-refractivity contribution >= 4 is 29.2 Å². The average Bonchev–Trinajstić information content (AvgIpc) is 3.30. The van der Waals surface area contributed by atoms with Gasteiger partial charge < -0.3 is 15.0 Å². The molecule has 0 radical (unpaired) electrons. The summed E-state index contributed by atoms with van der Waals surface area (Å²) in [7, 11) is 1.53. The molecule has 0 aromatic heterocycles. The van der Waals surface area contributed by atoms with Gasteiger partial charge in [0.25, 0.3) is 11.8 Å². The number of anilines is 1. The summed E-state index contributed by atoms with van der Waals surface area (Å²) in [6.45, 7) is 3.47. The third-order valence-electron chi connectivity index (χ3n) is 6.45. The largest absolute Gasteiger partial charge is 0.495 e. The summed E-state index contributed by atoms with van der Waals surface area (Å²) in [4.78, 5) is 46.9. The van der Waals surface area contributed by atoms with Crippen molar-refractivity contribution in [2.24, 2.45) is 4.99 Å². The van der Waals surface area contributed by atoms with E-state index in [-0.39, 0.29) is 36.7 Å². The molecule has 3 amide bonds. The number of hydrogen-bond donors (Lipinski definition) is 1. The predicted molar refractivity (Wildman–Crippen MR) is 126 cm³/mol. The number of amides is 3. The van der Waals surface area contributed by atoms with E-state index in [1.54, 1.807) is 36.1 Å². The van der Waals surface area contributed by atoms with E-state index >= 15 is 0 Å². The molecule has 8 nitrogen and oxygen atoms in total. The van der Waals surface area contributed by atoms with E-state index in [0.29, 0.717) is 17.3 Å². The second-order valence-corrected chi connectivity index (χ2v) is 9.00. The zero-order chi connectivity index (χ0) is 23.6. The van der Waals surface area contributed by atoms with Crippen molar-refractivity contribution in [3.8, 4) is 5.75 Å². The minimum Gasteiger partial charge on any atom is -0.495 e. The highest BCUT2D eigenvalue weighted by atomic mass is 16.5. The van der Waals surface area contributed by atoms with E-state index in [9.17, 15) is 14.4 Å². The van der Waals surface area contributed by atoms with Crippen LogP contribution < -0.4 is 15.0 Å². The molecule has 33 heavy (non-hydrogen) atoms. The zero-order valence-corrected chi connectivity index (χ0v) is 19.3. The number of carbonyl (C=O) groups is 3. The van der Waals surface area contributed by atoms with Crippen LogP contribution in [0.2, 0.25) is 0 Å². The fourth-order valence-electron chi connectivity index (χ4n) is 4.71. The number of amidine groups is 1. The Bertz CT molecular complexity index is 1050. The first-order valence-corrected chi connectivity index (χ1v) is 11.3. The second-order valence-electron chi connectivity index (χ2n) is 9.00. The average molecular weight is 451 g/mol. The van der Waals surface area contributed by atoms with Gasteiger partial charge in [0.1, 0.15) is 23.7 Å². The minimum atomic E-state index is -1.24. The summed E-state index contributed by atoms with van der Waals surface area (Å²) in [5, 5.41) is 3.06. The lowest BCUT2D eigenvalue weighted by Crippen LogP contribution is -2.62. The number of carbonyl (C=O) groups excluding carboxylic acids is 3. The van der Waals surface area contributed by atoms with Crippen LogP contribution in [0, 0.1) is 0 Å². The number of benzene rings is 1. The number of allylic oxidation sites excluding steroid dienone is 2. The van der Waals surface area contributed by atoms with Gasteiger partial charge in [-0.2, -0.15) is 4.99 Å². The minimum absolute atomic E-state index is 0.0944. The lowest BCUT2D eigenvalue weighted by atomic mass is 9.89. The van der Waals surface area contributed by atoms with Crippen LogP contribution in [0.1, 0.15) is 46.0 Å². The van der Waals surface area contributed by atoms with Crippen LogP contribution in [0.4, 0.5) is 5.69 Å². The van der Waals surface area contributed by atoms with Gasteiger partial charge in [-0.05, 0) is 50.5 Å². The highest BCUT2D eigenvalue weighted by Crippen LogP contribution is 2.35. The Morgan fingerprint density at radius 3 is 2.70 bits per heavy atom. The smallest absolute Gasteiger partial charge is 0.254 e. The van der Waals surface area contributed by atoms with Gasteiger partial charge in [-0.1, -0.05) is 31.1 Å². The molecule has 174 valence electrons. The van der Waals surface area contributed by atoms with Crippen molar-refractivity contribution in [3.05, 3.63) is 48.2 Å². The number of hydrogen-bond acceptors (Lipinski definition) is 5. The molecular weight excluding hydrogens is 420 g/mol. The van der Waals surface area contributed by atoms with Crippen molar-refractivity contribution in [3.63, 3.8) is 0 Å². The van der Waals surface area contributed by atoms with Crippen molar-refractivity contribution < 1.29 is 19.1 Å². The molecule has 1 aromatic rings. The topological polar surface area (TPSA) is 91.3 Å². The van der Waals surface area contributed by atoms with Crippen molar-refractivity contribution in [1.29, 1.82) is 0 Å². The van der Waals surface area contributed by atoms with E-state index in [1.165, 1.54) is 12.0 Å². The van der Waals surface area contributed by atoms with Crippen LogP contribution in [0.25, 0.3) is 0 Å². The highest BCUT2D eigenvalue weighted by Gasteiger charge is 2.48. The van der Waals surface area contributed by atoms with Crippen molar-refractivity contribution in [2.75, 3.05) is 18.6 Å². The summed E-state index contributed by atoms with van der Waals surface area (Å²) < 4.78 is 5.50. The maximum atomic E-state index is 14.2. The number of nitrogens with one attached hydrogen (secondary N) is 1. The van der Waals surface area contributed by atoms with E-state index in [2.05, 4.69) is 10.3 Å². The zero-order valence-electron chi connectivity index (χ0n) is 19.3. The van der Waals surface area contributed by atoms with Crippen molar-refractivity contribution in [1.82, 2.24) is 10.2 Å². The number of rotatable bonds is 6. The van der Waals surface area contributed by atoms with Crippen LogP contribution >= 0.6 is 0 Å². The molecule has 1 atom stereocenters. The first kappa shape index (κ1) is 22.8. The van der Waals surface area contributed by atoms with Crippen LogP contribution in [0.3, 0.4) is 0 Å². The molecule has 1 fully saturated rings. The Hall–Kier alpha value is -3.42. The molecule has 0 spiro atoms. The number of ether oxygens (including phenoxy) is 1. The number of methoxy groups -OCH3 is 1. The summed E-state index contributed by atoms with van der Waals surface area (Å²) >= 11 is 0. The quantitative estimate of drug-likeness (QED) is 0.720. The summed E-state index contributed by atoms with van der Waals surface area (Å²) in [5.74, 6) is -0.0720. The van der Waals surface area contributed by atoms with Gasteiger partial charge in [-0.15, -0.1) is 0 Å². The molecule has 1 aromatic carbocycles. The van der Waals surface area contributed by atoms with Crippen LogP contribution in [0.5, 0.6) is 5.75 Å². The Morgan fingerprint density at radius 1 is 1.24 bits per heavy atom. The lowest BCUT2D eigenvalue weighted by Gasteiger charge is -2.44. The van der Waals surface area contributed by atoms with Crippen LogP contribution in [-0.2, 0) is 14.4 Å². The highest BCUT2D eigenvalue weighted by molar-refractivity contribution is 6.13. The molecule has 0 unspecified atom stereocenters. The second kappa shape index (κ2) is 9.21. The number of para-hydroxylation sites is 2. The molecule has 1 aliphatic carbocycles. The lowest BCUT2D eigenvalue weighted by molar-refractivity contribution is -0.133. The summed E-state index contributed by atoms with van der Waals surface area (Å²) in [6, 6.07) is 7.23. The van der Waals surface area contributed by atoms with Crippen LogP contribution in [0.15, 0.2) is 53.2 Å². The van der Waals surface area contributed by atoms with E-state index < -0.39 is 5.54 Å². The molecule has 0 bridgehead atoms. The maximum Gasteiger partial charge on any atom is 0.254 e. The first-order chi connectivity index (χ1) is 15.8. The SMILES string of the molecule is COc1ccccc1N(CC(=O)NC1CCCC1)C(=O)[C@]1(C)CC(=O)N=C2C=CC(C)=CN21. The third kappa shape index (κ3) is 4.55. The number of fused-ring (bicyclic) bond motifs is 1. The van der Waals surface area contributed by atoms with E-state index in [1.807, 2.05) is 25.3 Å². The Kier molecular flexibility index (Phi) is 6.35. The maximum absolute atomic E-state index is 14.2. The monoisotopic (exact) mass is 450 g/mol. The van der Waals surface area contributed by atoms with Gasteiger partial charge in [-0.25, -0.2) is 0 Å². The van der Waals surface area contributed by atoms with Gasteiger partial charge in [-0.3, -0.25) is 19.3 Å². The molecule has 8 heteroatoms. The fraction of sp³-hybridized carbons (Fsp3) is 0.440.